The number of hydrogen-bond donors (Lipinski definition) is 2. The number of nitrogens with one attached hydrogen (secondary N) is 1. The van der Waals surface area contributed by atoms with E-state index in [1.807, 2.05) is 24.3 Å². The molecule has 1 aliphatic rings. The number of fused-ring (bicyclic) bond motifs is 1. The van der Waals surface area contributed by atoms with E-state index in [9.17, 15) is 9.90 Å². The fourth-order valence-electron chi connectivity index (χ4n) is 3.20. The second kappa shape index (κ2) is 6.89. The molecule has 1 amide bonds. The van der Waals surface area contributed by atoms with Crippen molar-refractivity contribution in [1.29, 1.82) is 0 Å². The molecule has 2 aromatic carbocycles. The van der Waals surface area contributed by atoms with Crippen molar-refractivity contribution in [2.45, 2.75) is 12.7 Å². The molecule has 1 aliphatic heterocycles. The molecule has 0 radical (unpaired) electrons. The van der Waals surface area contributed by atoms with Gasteiger partial charge in [-0.2, -0.15) is 0 Å². The highest BCUT2D eigenvalue weighted by atomic mass is 35.5. The van der Waals surface area contributed by atoms with Crippen molar-refractivity contribution in [2.24, 2.45) is 0 Å². The number of halogens is 1. The molecule has 3 aromatic rings. The van der Waals surface area contributed by atoms with Crippen LogP contribution in [0.3, 0.4) is 0 Å². The number of hydrogen-bond acceptors (Lipinski definition) is 5. The van der Waals surface area contributed by atoms with Gasteiger partial charge < -0.3 is 24.5 Å². The lowest BCUT2D eigenvalue weighted by molar-refractivity contribution is 0.0651. The Bertz CT molecular complexity index is 988. The number of methoxy groups -OCH3 is 1. The van der Waals surface area contributed by atoms with Gasteiger partial charge in [0.25, 0.3) is 5.91 Å². The third-order valence-electron chi connectivity index (χ3n) is 4.51. The number of carbonyl (C=O) groups excluding carboxylic acids is 1. The zero-order chi connectivity index (χ0) is 19.0. The normalized spacial score (nSPS) is 16.0. The van der Waals surface area contributed by atoms with Gasteiger partial charge in [0.2, 0.25) is 0 Å². The number of furan rings is 1. The van der Waals surface area contributed by atoms with E-state index in [0.717, 1.165) is 5.69 Å². The van der Waals surface area contributed by atoms with Crippen molar-refractivity contribution >= 4 is 23.2 Å². The first-order chi connectivity index (χ1) is 13.1. The van der Waals surface area contributed by atoms with Crippen LogP contribution in [0.5, 0.6) is 11.5 Å². The van der Waals surface area contributed by atoms with Crippen LogP contribution in [0, 0.1) is 0 Å². The van der Waals surface area contributed by atoms with Crippen LogP contribution in [0.2, 0.25) is 5.02 Å². The zero-order valence-electron chi connectivity index (χ0n) is 14.5. The number of para-hydroxylation sites is 1. The molecule has 0 aliphatic carbocycles. The molecule has 2 heterocycles. The minimum atomic E-state index is -0.510. The maximum atomic E-state index is 13.2. The van der Waals surface area contributed by atoms with Gasteiger partial charge in [0.15, 0.2) is 11.5 Å². The summed E-state index contributed by atoms with van der Waals surface area (Å²) < 4.78 is 10.6. The first-order valence-electron chi connectivity index (χ1n) is 8.34. The number of amides is 1. The van der Waals surface area contributed by atoms with E-state index >= 15 is 0 Å². The van der Waals surface area contributed by atoms with E-state index in [1.165, 1.54) is 7.11 Å². The van der Waals surface area contributed by atoms with E-state index in [1.54, 1.807) is 35.4 Å². The lowest BCUT2D eigenvalue weighted by atomic mass is 10.0. The molecule has 0 bridgehead atoms. The maximum absolute atomic E-state index is 13.2. The highest BCUT2D eigenvalue weighted by Crippen LogP contribution is 2.40. The summed E-state index contributed by atoms with van der Waals surface area (Å²) in [5.41, 5.74) is 1.99. The predicted octanol–water partition coefficient (Wildman–Crippen LogP) is 4.41. The van der Waals surface area contributed by atoms with Gasteiger partial charge in [-0.1, -0.05) is 23.7 Å². The lowest BCUT2D eigenvalue weighted by Gasteiger charge is -2.38. The molecule has 6 nitrogen and oxygen atoms in total. The van der Waals surface area contributed by atoms with Crippen LogP contribution in [0.4, 0.5) is 5.69 Å². The number of rotatable bonds is 4. The molecule has 0 spiro atoms. The standard InChI is InChI=1S/C20H17ClN2O4/c1-26-17-10-12(9-15(21)18(17)24)19-22-16-7-3-2-6-14(16)20(25)23(19)11-13-5-4-8-27-13/h2-10,19,22,24H,11H2,1H3/t19-/m1/s1. The van der Waals surface area contributed by atoms with Crippen LogP contribution in [0.15, 0.2) is 59.2 Å². The van der Waals surface area contributed by atoms with Gasteiger partial charge in [0.05, 0.1) is 30.5 Å². The quantitative estimate of drug-likeness (QED) is 0.696. The van der Waals surface area contributed by atoms with Gasteiger partial charge in [0, 0.05) is 11.3 Å². The summed E-state index contributed by atoms with van der Waals surface area (Å²) in [7, 11) is 1.45. The Balaban J connectivity index is 1.81. The first kappa shape index (κ1) is 17.3. The molecule has 27 heavy (non-hydrogen) atoms. The molecule has 0 unspecified atom stereocenters. The topological polar surface area (TPSA) is 74.9 Å². The average molecular weight is 385 g/mol. The van der Waals surface area contributed by atoms with E-state index in [4.69, 9.17) is 20.8 Å². The Morgan fingerprint density at radius 2 is 2.07 bits per heavy atom. The van der Waals surface area contributed by atoms with Crippen LogP contribution in [0.1, 0.15) is 27.8 Å². The van der Waals surface area contributed by atoms with E-state index in [0.29, 0.717) is 16.9 Å². The number of ether oxygens (including phenoxy) is 1. The highest BCUT2D eigenvalue weighted by Gasteiger charge is 2.34. The molecule has 138 valence electrons. The zero-order valence-corrected chi connectivity index (χ0v) is 15.2. The Morgan fingerprint density at radius 3 is 2.81 bits per heavy atom. The summed E-state index contributed by atoms with van der Waals surface area (Å²) in [6.07, 6.45) is 1.06. The summed E-state index contributed by atoms with van der Waals surface area (Å²) in [6, 6.07) is 14.2. The lowest BCUT2D eigenvalue weighted by Crippen LogP contribution is -2.42. The maximum Gasteiger partial charge on any atom is 0.258 e. The van der Waals surface area contributed by atoms with Crippen molar-refractivity contribution < 1.29 is 19.1 Å². The molecule has 7 heteroatoms. The molecule has 0 saturated heterocycles. The largest absolute Gasteiger partial charge is 0.503 e. The Morgan fingerprint density at radius 1 is 1.26 bits per heavy atom. The van der Waals surface area contributed by atoms with Gasteiger partial charge in [0.1, 0.15) is 11.9 Å². The van der Waals surface area contributed by atoms with Gasteiger partial charge in [-0.05, 0) is 36.4 Å². The van der Waals surface area contributed by atoms with Crippen molar-refractivity contribution in [2.75, 3.05) is 12.4 Å². The molecule has 0 saturated carbocycles. The summed E-state index contributed by atoms with van der Waals surface area (Å²) in [5, 5.41) is 13.6. The number of aromatic hydroxyl groups is 1. The second-order valence-electron chi connectivity index (χ2n) is 6.16. The van der Waals surface area contributed by atoms with Crippen molar-refractivity contribution in [1.82, 2.24) is 4.90 Å². The van der Waals surface area contributed by atoms with Gasteiger partial charge in [-0.3, -0.25) is 4.79 Å². The summed E-state index contributed by atoms with van der Waals surface area (Å²) in [5.74, 6) is 0.631. The molecule has 0 fully saturated rings. The molecule has 4 rings (SSSR count). The van der Waals surface area contributed by atoms with Gasteiger partial charge >= 0.3 is 0 Å². The van der Waals surface area contributed by atoms with E-state index in [-0.39, 0.29) is 29.0 Å². The van der Waals surface area contributed by atoms with Crippen LogP contribution >= 0.6 is 11.6 Å². The number of phenols is 1. The smallest absolute Gasteiger partial charge is 0.258 e. The SMILES string of the molecule is COc1cc([C@@H]2Nc3ccccc3C(=O)N2Cc2ccco2)cc(Cl)c1O. The predicted molar refractivity (Wildman–Crippen MR) is 101 cm³/mol. The third kappa shape index (κ3) is 3.08. The van der Waals surface area contributed by atoms with Crippen LogP contribution < -0.4 is 10.1 Å². The van der Waals surface area contributed by atoms with E-state index < -0.39 is 6.17 Å². The van der Waals surface area contributed by atoms with Crippen molar-refractivity contribution in [3.63, 3.8) is 0 Å². The molecule has 1 atom stereocenters. The molecule has 1 aromatic heterocycles. The minimum absolute atomic E-state index is 0.131. The fourth-order valence-corrected chi connectivity index (χ4v) is 3.42. The summed E-state index contributed by atoms with van der Waals surface area (Å²) in [6.45, 7) is 0.276. The van der Waals surface area contributed by atoms with Crippen molar-refractivity contribution in [3.8, 4) is 11.5 Å². The Hall–Kier alpha value is -3.12. The molecular formula is C20H17ClN2O4. The third-order valence-corrected chi connectivity index (χ3v) is 4.80. The monoisotopic (exact) mass is 384 g/mol. The number of carbonyl (C=O) groups is 1. The summed E-state index contributed by atoms with van der Waals surface area (Å²) >= 11 is 6.16. The van der Waals surface area contributed by atoms with Crippen LogP contribution in [-0.2, 0) is 6.54 Å². The van der Waals surface area contributed by atoms with Crippen molar-refractivity contribution in [3.05, 3.63) is 76.7 Å². The Kier molecular flexibility index (Phi) is 4.41. The number of benzene rings is 2. The number of nitrogens with zero attached hydrogens (tertiary/aromatic N) is 1. The van der Waals surface area contributed by atoms with Crippen LogP contribution in [0.25, 0.3) is 0 Å². The minimum Gasteiger partial charge on any atom is -0.503 e. The molecule has 2 N–H and O–H groups in total. The second-order valence-corrected chi connectivity index (χ2v) is 6.57. The number of anilines is 1. The number of phenolic OH excluding ortho intramolecular Hbond substituents is 1. The fraction of sp³-hybridized carbons (Fsp3) is 0.150. The first-order valence-corrected chi connectivity index (χ1v) is 8.71. The average Bonchev–Trinajstić information content (AvgIpc) is 3.19. The summed E-state index contributed by atoms with van der Waals surface area (Å²) in [4.78, 5) is 14.8. The van der Waals surface area contributed by atoms with E-state index in [2.05, 4.69) is 5.32 Å². The van der Waals surface area contributed by atoms with Gasteiger partial charge in [-0.25, -0.2) is 0 Å². The van der Waals surface area contributed by atoms with Gasteiger partial charge in [-0.15, -0.1) is 0 Å². The molecular weight excluding hydrogens is 368 g/mol. The van der Waals surface area contributed by atoms with Crippen LogP contribution in [-0.4, -0.2) is 23.0 Å². The highest BCUT2D eigenvalue weighted by molar-refractivity contribution is 6.32. The Labute approximate surface area is 160 Å².